The number of carboxylic acids is 1. The van der Waals surface area contributed by atoms with E-state index in [0.717, 1.165) is 6.42 Å². The normalized spacial score (nSPS) is 11.9. The molecule has 1 atom stereocenters. The van der Waals surface area contributed by atoms with Crippen molar-refractivity contribution >= 4 is 12.0 Å². The van der Waals surface area contributed by atoms with Gasteiger partial charge in [-0.05, 0) is 18.9 Å². The van der Waals surface area contributed by atoms with Crippen LogP contribution in [0, 0.1) is 5.92 Å². The highest BCUT2D eigenvalue weighted by Gasteiger charge is 2.08. The van der Waals surface area contributed by atoms with Gasteiger partial charge in [-0.3, -0.25) is 4.79 Å². The lowest BCUT2D eigenvalue weighted by atomic mass is 10.1. The van der Waals surface area contributed by atoms with Gasteiger partial charge in [0.05, 0.1) is 0 Å². The number of rotatable bonds is 7. The Morgan fingerprint density at radius 1 is 1.40 bits per heavy atom. The van der Waals surface area contributed by atoms with Crippen LogP contribution in [0.4, 0.5) is 4.79 Å². The summed E-state index contributed by atoms with van der Waals surface area (Å²) in [5, 5.41) is 13.7. The molecule has 15 heavy (non-hydrogen) atoms. The van der Waals surface area contributed by atoms with Gasteiger partial charge in [0.15, 0.2) is 0 Å². The summed E-state index contributed by atoms with van der Waals surface area (Å²) in [5.41, 5.74) is 5.25. The van der Waals surface area contributed by atoms with E-state index in [1.807, 2.05) is 0 Å². The molecule has 0 aromatic heterocycles. The number of carboxylic acid groups (broad SMARTS) is 1. The predicted octanol–water partition coefficient (Wildman–Crippen LogP) is -0.255. The van der Waals surface area contributed by atoms with Crippen LogP contribution in [0.2, 0.25) is 0 Å². The molecule has 5 N–H and O–H groups in total. The van der Waals surface area contributed by atoms with Crippen LogP contribution in [-0.2, 0) is 4.79 Å². The number of nitrogens with one attached hydrogen (secondary N) is 2. The summed E-state index contributed by atoms with van der Waals surface area (Å²) in [4.78, 5) is 21.4. The fraction of sp³-hybridized carbons (Fsp3) is 0.778. The number of carbonyl (C=O) groups is 2. The van der Waals surface area contributed by atoms with Crippen LogP contribution >= 0.6 is 0 Å². The second-order valence-corrected chi connectivity index (χ2v) is 3.48. The Kier molecular flexibility index (Phi) is 7.35. The average Bonchev–Trinajstić information content (AvgIpc) is 2.14. The molecular weight excluding hydrogens is 198 g/mol. The molecular formula is C9H19N3O3. The van der Waals surface area contributed by atoms with E-state index in [4.69, 9.17) is 10.8 Å². The number of urea groups is 1. The van der Waals surface area contributed by atoms with Crippen molar-refractivity contribution in [1.82, 2.24) is 10.6 Å². The maximum atomic E-state index is 11.1. The first kappa shape index (κ1) is 13.7. The van der Waals surface area contributed by atoms with Crippen LogP contribution in [0.5, 0.6) is 0 Å². The van der Waals surface area contributed by atoms with Crippen LogP contribution < -0.4 is 16.4 Å². The number of hydrogen-bond donors (Lipinski definition) is 4. The van der Waals surface area contributed by atoms with E-state index in [1.165, 1.54) is 0 Å². The molecule has 0 aromatic rings. The van der Waals surface area contributed by atoms with Crippen LogP contribution in [0.15, 0.2) is 0 Å². The Bertz CT molecular complexity index is 209. The smallest absolute Gasteiger partial charge is 0.314 e. The van der Waals surface area contributed by atoms with Gasteiger partial charge in [0, 0.05) is 19.5 Å². The maximum absolute atomic E-state index is 11.1. The highest BCUT2D eigenvalue weighted by molar-refractivity contribution is 5.73. The van der Waals surface area contributed by atoms with Crippen molar-refractivity contribution in [2.45, 2.75) is 19.8 Å². The van der Waals surface area contributed by atoms with E-state index in [1.54, 1.807) is 6.92 Å². The van der Waals surface area contributed by atoms with E-state index >= 15 is 0 Å². The third kappa shape index (κ3) is 9.01. The fourth-order valence-corrected chi connectivity index (χ4v) is 1.00. The second-order valence-electron chi connectivity index (χ2n) is 3.48. The number of carbonyl (C=O) groups excluding carboxylic acids is 1. The van der Waals surface area contributed by atoms with E-state index in [-0.39, 0.29) is 18.4 Å². The molecule has 0 bridgehead atoms. The van der Waals surface area contributed by atoms with Gasteiger partial charge >= 0.3 is 12.0 Å². The van der Waals surface area contributed by atoms with Gasteiger partial charge in [0.2, 0.25) is 0 Å². The summed E-state index contributed by atoms with van der Waals surface area (Å²) >= 11 is 0. The van der Waals surface area contributed by atoms with E-state index in [2.05, 4.69) is 10.6 Å². The summed E-state index contributed by atoms with van der Waals surface area (Å²) in [6.07, 6.45) is 0.793. The molecule has 6 nitrogen and oxygen atoms in total. The SMILES string of the molecule is CC(CNC(=O)NCCCN)CC(=O)O. The lowest BCUT2D eigenvalue weighted by Gasteiger charge is -2.11. The van der Waals surface area contributed by atoms with E-state index in [0.29, 0.717) is 19.6 Å². The molecule has 0 spiro atoms. The van der Waals surface area contributed by atoms with Crippen LogP contribution in [0.1, 0.15) is 19.8 Å². The van der Waals surface area contributed by atoms with E-state index in [9.17, 15) is 9.59 Å². The molecule has 0 saturated carbocycles. The van der Waals surface area contributed by atoms with Crippen LogP contribution in [0.25, 0.3) is 0 Å². The lowest BCUT2D eigenvalue weighted by Crippen LogP contribution is -2.38. The molecule has 0 rings (SSSR count). The first-order valence-corrected chi connectivity index (χ1v) is 4.99. The third-order valence-corrected chi connectivity index (χ3v) is 1.80. The minimum atomic E-state index is -0.854. The second kappa shape index (κ2) is 8.05. The van der Waals surface area contributed by atoms with Gasteiger partial charge in [-0.1, -0.05) is 6.92 Å². The molecule has 0 aromatic carbocycles. The molecule has 0 heterocycles. The summed E-state index contributed by atoms with van der Waals surface area (Å²) in [5.74, 6) is -0.921. The standard InChI is InChI=1S/C9H19N3O3/c1-7(5-8(13)14)6-12-9(15)11-4-2-3-10/h7H,2-6,10H2,1H3,(H,13,14)(H2,11,12,15). The van der Waals surface area contributed by atoms with Crippen molar-refractivity contribution in [2.24, 2.45) is 11.7 Å². The van der Waals surface area contributed by atoms with Gasteiger partial charge in [-0.25, -0.2) is 4.79 Å². The van der Waals surface area contributed by atoms with Crippen molar-refractivity contribution in [1.29, 1.82) is 0 Å². The van der Waals surface area contributed by atoms with Crippen molar-refractivity contribution in [3.05, 3.63) is 0 Å². The zero-order valence-electron chi connectivity index (χ0n) is 8.95. The maximum Gasteiger partial charge on any atom is 0.314 e. The molecule has 88 valence electrons. The van der Waals surface area contributed by atoms with Gasteiger partial charge in [0.25, 0.3) is 0 Å². The minimum absolute atomic E-state index is 0.0586. The summed E-state index contributed by atoms with van der Waals surface area (Å²) in [6, 6.07) is -0.277. The fourth-order valence-electron chi connectivity index (χ4n) is 1.00. The highest BCUT2D eigenvalue weighted by atomic mass is 16.4. The Labute approximate surface area is 89.2 Å². The van der Waals surface area contributed by atoms with Crippen molar-refractivity contribution in [2.75, 3.05) is 19.6 Å². The Morgan fingerprint density at radius 3 is 2.60 bits per heavy atom. The molecule has 0 radical (unpaired) electrons. The Morgan fingerprint density at radius 2 is 2.07 bits per heavy atom. The third-order valence-electron chi connectivity index (χ3n) is 1.80. The largest absolute Gasteiger partial charge is 0.481 e. The van der Waals surface area contributed by atoms with Gasteiger partial charge in [-0.2, -0.15) is 0 Å². The van der Waals surface area contributed by atoms with Gasteiger partial charge in [-0.15, -0.1) is 0 Å². The molecule has 0 aliphatic heterocycles. The quantitative estimate of drug-likeness (QED) is 0.441. The Balaban J connectivity index is 3.48. The molecule has 0 saturated heterocycles. The highest BCUT2D eigenvalue weighted by Crippen LogP contribution is 1.98. The molecule has 1 unspecified atom stereocenters. The van der Waals surface area contributed by atoms with Crippen LogP contribution in [-0.4, -0.2) is 36.7 Å². The number of nitrogens with two attached hydrogens (primary N) is 1. The summed E-state index contributed by atoms with van der Waals surface area (Å²) in [7, 11) is 0. The summed E-state index contributed by atoms with van der Waals surface area (Å²) in [6.45, 7) is 3.21. The predicted molar refractivity (Wildman–Crippen MR) is 56.5 cm³/mol. The average molecular weight is 217 g/mol. The number of amides is 2. The summed E-state index contributed by atoms with van der Waals surface area (Å²) < 4.78 is 0. The molecule has 0 aliphatic carbocycles. The zero-order chi connectivity index (χ0) is 11.7. The van der Waals surface area contributed by atoms with Crippen molar-refractivity contribution < 1.29 is 14.7 Å². The molecule has 2 amide bonds. The number of aliphatic carboxylic acids is 1. The van der Waals surface area contributed by atoms with Gasteiger partial charge in [0.1, 0.15) is 0 Å². The first-order valence-electron chi connectivity index (χ1n) is 4.99. The minimum Gasteiger partial charge on any atom is -0.481 e. The first-order chi connectivity index (χ1) is 7.06. The van der Waals surface area contributed by atoms with Gasteiger partial charge < -0.3 is 21.5 Å². The monoisotopic (exact) mass is 217 g/mol. The molecule has 6 heteroatoms. The topological polar surface area (TPSA) is 104 Å². The Hall–Kier alpha value is -1.30. The van der Waals surface area contributed by atoms with E-state index < -0.39 is 5.97 Å². The van der Waals surface area contributed by atoms with Crippen molar-refractivity contribution in [3.63, 3.8) is 0 Å². The molecule has 0 aliphatic rings. The van der Waals surface area contributed by atoms with Crippen LogP contribution in [0.3, 0.4) is 0 Å². The lowest BCUT2D eigenvalue weighted by molar-refractivity contribution is -0.137. The zero-order valence-corrected chi connectivity index (χ0v) is 8.95. The molecule has 0 fully saturated rings. The van der Waals surface area contributed by atoms with Crippen molar-refractivity contribution in [3.8, 4) is 0 Å². The number of hydrogen-bond acceptors (Lipinski definition) is 3.